The second-order valence-corrected chi connectivity index (χ2v) is 7.83. The highest BCUT2D eigenvalue weighted by Gasteiger charge is 2.28. The number of sulfone groups is 1. The molecule has 1 fully saturated rings. The lowest BCUT2D eigenvalue weighted by Crippen LogP contribution is -2.29. The molecule has 3 atom stereocenters. The average molecular weight is 262 g/mol. The van der Waals surface area contributed by atoms with Crippen LogP contribution in [-0.4, -0.2) is 31.6 Å². The highest BCUT2D eigenvalue weighted by Crippen LogP contribution is 2.34. The minimum Gasteiger partial charge on any atom is -0.393 e. The van der Waals surface area contributed by atoms with Crippen LogP contribution in [0.4, 0.5) is 0 Å². The van der Waals surface area contributed by atoms with Gasteiger partial charge in [-0.2, -0.15) is 0 Å². The lowest BCUT2D eigenvalue weighted by molar-refractivity contribution is 0.0416. The predicted octanol–water partition coefficient (Wildman–Crippen LogP) is 2.39. The van der Waals surface area contributed by atoms with Crippen molar-refractivity contribution in [3.63, 3.8) is 0 Å². The van der Waals surface area contributed by atoms with Gasteiger partial charge in [-0.05, 0) is 43.9 Å². The van der Waals surface area contributed by atoms with E-state index in [1.54, 1.807) is 0 Å². The fourth-order valence-corrected chi connectivity index (χ4v) is 3.62. The van der Waals surface area contributed by atoms with Crippen LogP contribution in [0.3, 0.4) is 0 Å². The summed E-state index contributed by atoms with van der Waals surface area (Å²) >= 11 is 0. The standard InChI is InChI=1S/C13H26O3S/c1-3-5-11-7-8-13(14)12(10-11)6-4-9-17(2,15)16/h11-14H,3-10H2,1-2H3. The Bertz CT molecular complexity index is 311. The Labute approximate surface area is 106 Å². The summed E-state index contributed by atoms with van der Waals surface area (Å²) in [5.41, 5.74) is 0. The summed E-state index contributed by atoms with van der Waals surface area (Å²) in [7, 11) is -2.85. The van der Waals surface area contributed by atoms with Gasteiger partial charge in [0.1, 0.15) is 9.84 Å². The molecule has 102 valence electrons. The number of aliphatic hydroxyl groups excluding tert-OH is 1. The van der Waals surface area contributed by atoms with E-state index >= 15 is 0 Å². The van der Waals surface area contributed by atoms with Gasteiger partial charge in [0, 0.05) is 12.0 Å². The molecule has 1 aliphatic carbocycles. The van der Waals surface area contributed by atoms with E-state index in [1.165, 1.54) is 19.1 Å². The first kappa shape index (κ1) is 15.0. The van der Waals surface area contributed by atoms with Crippen molar-refractivity contribution in [2.45, 2.75) is 58.0 Å². The third-order valence-electron chi connectivity index (χ3n) is 3.84. The highest BCUT2D eigenvalue weighted by atomic mass is 32.2. The number of hydrogen-bond donors (Lipinski definition) is 1. The molecule has 4 heteroatoms. The van der Waals surface area contributed by atoms with Crippen molar-refractivity contribution in [1.82, 2.24) is 0 Å². The van der Waals surface area contributed by atoms with Gasteiger partial charge in [0.05, 0.1) is 6.10 Å². The molecule has 0 radical (unpaired) electrons. The zero-order valence-corrected chi connectivity index (χ0v) is 11.9. The Balaban J connectivity index is 2.34. The molecule has 0 aromatic carbocycles. The lowest BCUT2D eigenvalue weighted by Gasteiger charge is -2.33. The van der Waals surface area contributed by atoms with Gasteiger partial charge in [-0.25, -0.2) is 8.42 Å². The smallest absolute Gasteiger partial charge is 0.147 e. The van der Waals surface area contributed by atoms with Crippen molar-refractivity contribution in [3.05, 3.63) is 0 Å². The third-order valence-corrected chi connectivity index (χ3v) is 4.87. The van der Waals surface area contributed by atoms with E-state index in [0.717, 1.165) is 31.6 Å². The van der Waals surface area contributed by atoms with Crippen LogP contribution in [0.2, 0.25) is 0 Å². The van der Waals surface area contributed by atoms with Gasteiger partial charge in [0.25, 0.3) is 0 Å². The van der Waals surface area contributed by atoms with Gasteiger partial charge >= 0.3 is 0 Å². The van der Waals surface area contributed by atoms with Crippen LogP contribution < -0.4 is 0 Å². The molecule has 1 rings (SSSR count). The van der Waals surface area contributed by atoms with Crippen LogP contribution in [0.1, 0.15) is 51.9 Å². The van der Waals surface area contributed by atoms with Crippen LogP contribution in [0.5, 0.6) is 0 Å². The highest BCUT2D eigenvalue weighted by molar-refractivity contribution is 7.90. The van der Waals surface area contributed by atoms with Crippen LogP contribution in [-0.2, 0) is 9.84 Å². The summed E-state index contributed by atoms with van der Waals surface area (Å²) in [4.78, 5) is 0. The van der Waals surface area contributed by atoms with Gasteiger partial charge in [-0.15, -0.1) is 0 Å². The van der Waals surface area contributed by atoms with Crippen LogP contribution in [0.25, 0.3) is 0 Å². The van der Waals surface area contributed by atoms with Gasteiger partial charge < -0.3 is 5.11 Å². The predicted molar refractivity (Wildman–Crippen MR) is 70.7 cm³/mol. The van der Waals surface area contributed by atoms with E-state index in [4.69, 9.17) is 0 Å². The van der Waals surface area contributed by atoms with Gasteiger partial charge in [0.2, 0.25) is 0 Å². The first-order chi connectivity index (χ1) is 7.92. The molecule has 0 bridgehead atoms. The van der Waals surface area contributed by atoms with Crippen molar-refractivity contribution in [2.24, 2.45) is 11.8 Å². The molecule has 3 nitrogen and oxygen atoms in total. The minimum absolute atomic E-state index is 0.206. The van der Waals surface area contributed by atoms with E-state index in [9.17, 15) is 13.5 Å². The largest absolute Gasteiger partial charge is 0.393 e. The maximum absolute atomic E-state index is 11.1. The molecule has 1 N–H and O–H groups in total. The molecule has 0 aliphatic heterocycles. The fourth-order valence-electron chi connectivity index (χ4n) is 2.93. The van der Waals surface area contributed by atoms with Gasteiger partial charge in [0.15, 0.2) is 0 Å². The Morgan fingerprint density at radius 2 is 1.94 bits per heavy atom. The summed E-state index contributed by atoms with van der Waals surface area (Å²) < 4.78 is 22.1. The molecule has 0 saturated heterocycles. The van der Waals surface area contributed by atoms with Crippen LogP contribution in [0, 0.1) is 11.8 Å². The van der Waals surface area contributed by atoms with E-state index < -0.39 is 9.84 Å². The number of rotatable bonds is 6. The van der Waals surface area contributed by atoms with Gasteiger partial charge in [-0.1, -0.05) is 19.8 Å². The average Bonchev–Trinajstić information content (AvgIpc) is 2.21. The summed E-state index contributed by atoms with van der Waals surface area (Å²) in [6, 6.07) is 0. The summed E-state index contributed by atoms with van der Waals surface area (Å²) in [5.74, 6) is 1.32. The number of aliphatic hydroxyl groups is 1. The maximum Gasteiger partial charge on any atom is 0.147 e. The maximum atomic E-state index is 11.1. The Hall–Kier alpha value is -0.0900. The SMILES string of the molecule is CCCC1CCC(O)C(CCCS(C)(=O)=O)C1. The molecule has 0 heterocycles. The first-order valence-corrected chi connectivity index (χ1v) is 8.84. The molecule has 0 spiro atoms. The topological polar surface area (TPSA) is 54.4 Å². The molecular formula is C13H26O3S. The molecule has 17 heavy (non-hydrogen) atoms. The molecule has 0 amide bonds. The molecule has 1 aliphatic rings. The molecule has 3 unspecified atom stereocenters. The van der Waals surface area contributed by atoms with Crippen molar-refractivity contribution in [3.8, 4) is 0 Å². The van der Waals surface area contributed by atoms with Crippen molar-refractivity contribution >= 4 is 9.84 Å². The van der Waals surface area contributed by atoms with Crippen LogP contribution >= 0.6 is 0 Å². The first-order valence-electron chi connectivity index (χ1n) is 6.78. The Morgan fingerprint density at radius 1 is 1.24 bits per heavy atom. The Morgan fingerprint density at radius 3 is 2.53 bits per heavy atom. The van der Waals surface area contributed by atoms with E-state index in [2.05, 4.69) is 6.92 Å². The molecular weight excluding hydrogens is 236 g/mol. The van der Waals surface area contributed by atoms with E-state index in [-0.39, 0.29) is 11.9 Å². The summed E-state index contributed by atoms with van der Waals surface area (Å²) in [6.07, 6.45) is 8.19. The monoisotopic (exact) mass is 262 g/mol. The Kier molecular flexibility index (Phi) is 5.93. The zero-order valence-electron chi connectivity index (χ0n) is 11.1. The summed E-state index contributed by atoms with van der Waals surface area (Å²) in [6.45, 7) is 2.20. The van der Waals surface area contributed by atoms with Gasteiger partial charge in [-0.3, -0.25) is 0 Å². The normalized spacial score (nSPS) is 30.4. The quantitative estimate of drug-likeness (QED) is 0.799. The molecule has 1 saturated carbocycles. The molecule has 0 aromatic heterocycles. The van der Waals surface area contributed by atoms with Crippen molar-refractivity contribution < 1.29 is 13.5 Å². The van der Waals surface area contributed by atoms with Crippen molar-refractivity contribution in [2.75, 3.05) is 12.0 Å². The molecule has 0 aromatic rings. The number of hydrogen-bond acceptors (Lipinski definition) is 3. The van der Waals surface area contributed by atoms with E-state index in [1.807, 2.05) is 0 Å². The minimum atomic E-state index is -2.85. The summed E-state index contributed by atoms with van der Waals surface area (Å²) in [5, 5.41) is 9.93. The lowest BCUT2D eigenvalue weighted by atomic mass is 9.76. The second-order valence-electron chi connectivity index (χ2n) is 5.57. The third kappa shape index (κ3) is 5.87. The van der Waals surface area contributed by atoms with Crippen LogP contribution in [0.15, 0.2) is 0 Å². The fraction of sp³-hybridized carbons (Fsp3) is 1.00. The van der Waals surface area contributed by atoms with E-state index in [0.29, 0.717) is 12.3 Å². The zero-order chi connectivity index (χ0) is 12.9. The van der Waals surface area contributed by atoms with Crippen molar-refractivity contribution in [1.29, 1.82) is 0 Å². The second kappa shape index (κ2) is 6.74.